The second kappa shape index (κ2) is 7.78. The van der Waals surface area contributed by atoms with E-state index in [2.05, 4.69) is 20.3 Å². The van der Waals surface area contributed by atoms with Gasteiger partial charge in [0.15, 0.2) is 5.82 Å². The Labute approximate surface area is 152 Å². The molecule has 1 saturated carbocycles. The maximum atomic E-state index is 12.8. The molecule has 0 aromatic carbocycles. The molecule has 0 unspecified atom stereocenters. The van der Waals surface area contributed by atoms with E-state index >= 15 is 0 Å². The lowest BCUT2D eigenvalue weighted by Crippen LogP contribution is -2.44. The van der Waals surface area contributed by atoms with Crippen LogP contribution in [-0.2, 0) is 16.0 Å². The summed E-state index contributed by atoms with van der Waals surface area (Å²) in [6.45, 7) is 2.43. The average Bonchev–Trinajstić information content (AvgIpc) is 3.52. The fourth-order valence-corrected chi connectivity index (χ4v) is 3.08. The molecule has 1 N–H and O–H groups in total. The molecule has 7 heteroatoms. The molecule has 2 aromatic heterocycles. The predicted molar refractivity (Wildman–Crippen MR) is 96.5 cm³/mol. The first kappa shape index (κ1) is 16.9. The Morgan fingerprint density at radius 3 is 2.96 bits per heavy atom. The first-order valence-electron chi connectivity index (χ1n) is 9.13. The third kappa shape index (κ3) is 4.16. The van der Waals surface area contributed by atoms with E-state index < -0.39 is 0 Å². The second-order valence-electron chi connectivity index (χ2n) is 6.80. The van der Waals surface area contributed by atoms with Gasteiger partial charge in [0.1, 0.15) is 11.9 Å². The number of rotatable bonds is 6. The minimum absolute atomic E-state index is 0.0249. The summed E-state index contributed by atoms with van der Waals surface area (Å²) in [5.41, 5.74) is 0.767. The molecule has 0 bridgehead atoms. The Balaban J connectivity index is 1.47. The van der Waals surface area contributed by atoms with Gasteiger partial charge in [-0.1, -0.05) is 6.07 Å². The lowest BCUT2D eigenvalue weighted by atomic mass is 10.1. The van der Waals surface area contributed by atoms with Crippen molar-refractivity contribution in [1.29, 1.82) is 0 Å². The van der Waals surface area contributed by atoms with Gasteiger partial charge in [0, 0.05) is 31.2 Å². The van der Waals surface area contributed by atoms with Crippen LogP contribution < -0.4 is 5.32 Å². The highest BCUT2D eigenvalue weighted by atomic mass is 16.5. The molecule has 2 aromatic rings. The van der Waals surface area contributed by atoms with Gasteiger partial charge in [-0.2, -0.15) is 0 Å². The fraction of sp³-hybridized carbons (Fsp3) is 0.474. The maximum Gasteiger partial charge on any atom is 0.229 e. The van der Waals surface area contributed by atoms with Gasteiger partial charge >= 0.3 is 0 Å². The number of amides is 1. The number of morpholine rings is 1. The molecule has 1 atom stereocenters. The van der Waals surface area contributed by atoms with Crippen molar-refractivity contribution in [2.24, 2.45) is 5.92 Å². The first-order chi connectivity index (χ1) is 12.8. The average molecular weight is 353 g/mol. The SMILES string of the molecule is O=C(Cc1ccccn1)N1CCOC[C@@H]1c1nccc(NCC2CC2)n1. The molecule has 136 valence electrons. The molecule has 1 saturated heterocycles. The van der Waals surface area contributed by atoms with Gasteiger partial charge in [0.25, 0.3) is 0 Å². The Kier molecular flexibility index (Phi) is 5.06. The third-order valence-electron chi connectivity index (χ3n) is 4.75. The molecule has 3 heterocycles. The summed E-state index contributed by atoms with van der Waals surface area (Å²) in [5.74, 6) is 2.23. The smallest absolute Gasteiger partial charge is 0.229 e. The zero-order valence-electron chi connectivity index (χ0n) is 14.7. The van der Waals surface area contributed by atoms with E-state index in [1.54, 1.807) is 12.4 Å². The van der Waals surface area contributed by atoms with Gasteiger partial charge in [0.05, 0.1) is 19.6 Å². The van der Waals surface area contributed by atoms with E-state index in [0.717, 1.165) is 24.0 Å². The van der Waals surface area contributed by atoms with Crippen molar-refractivity contribution in [3.05, 3.63) is 48.2 Å². The normalized spacial score (nSPS) is 20.0. The highest BCUT2D eigenvalue weighted by molar-refractivity contribution is 5.78. The van der Waals surface area contributed by atoms with Gasteiger partial charge in [-0.15, -0.1) is 0 Å². The Bertz CT molecular complexity index is 751. The third-order valence-corrected chi connectivity index (χ3v) is 4.75. The number of hydrogen-bond donors (Lipinski definition) is 1. The summed E-state index contributed by atoms with van der Waals surface area (Å²) < 4.78 is 5.61. The van der Waals surface area contributed by atoms with E-state index in [0.29, 0.717) is 25.6 Å². The zero-order chi connectivity index (χ0) is 17.8. The van der Waals surface area contributed by atoms with Crippen molar-refractivity contribution in [3.8, 4) is 0 Å². The van der Waals surface area contributed by atoms with Gasteiger partial charge in [-0.05, 0) is 37.0 Å². The number of pyridine rings is 1. The number of anilines is 1. The minimum Gasteiger partial charge on any atom is -0.377 e. The molecule has 0 radical (unpaired) electrons. The molecule has 2 aliphatic rings. The lowest BCUT2D eigenvalue weighted by Gasteiger charge is -2.34. The number of carbonyl (C=O) groups is 1. The van der Waals surface area contributed by atoms with E-state index in [1.807, 2.05) is 29.2 Å². The van der Waals surface area contributed by atoms with Crippen molar-refractivity contribution in [2.75, 3.05) is 31.6 Å². The molecular formula is C19H23N5O2. The topological polar surface area (TPSA) is 80.2 Å². The molecule has 1 amide bonds. The van der Waals surface area contributed by atoms with Crippen molar-refractivity contribution in [2.45, 2.75) is 25.3 Å². The maximum absolute atomic E-state index is 12.8. The van der Waals surface area contributed by atoms with Gasteiger partial charge in [-0.3, -0.25) is 9.78 Å². The number of nitrogens with zero attached hydrogens (tertiary/aromatic N) is 4. The summed E-state index contributed by atoms with van der Waals surface area (Å²) in [5, 5.41) is 3.36. The van der Waals surface area contributed by atoms with E-state index in [1.165, 1.54) is 12.8 Å². The lowest BCUT2D eigenvalue weighted by molar-refractivity contribution is -0.139. The standard InChI is InChI=1S/C19H23N5O2/c25-18(11-15-3-1-2-7-20-15)24-9-10-26-13-16(24)19-21-8-6-17(23-19)22-12-14-4-5-14/h1-3,6-8,14,16H,4-5,9-13H2,(H,21,22,23)/t16-/m1/s1. The van der Waals surface area contributed by atoms with Crippen LogP contribution >= 0.6 is 0 Å². The number of nitrogens with one attached hydrogen (secondary N) is 1. The molecule has 4 rings (SSSR count). The molecular weight excluding hydrogens is 330 g/mol. The van der Waals surface area contributed by atoms with E-state index in [9.17, 15) is 4.79 Å². The minimum atomic E-state index is -0.261. The highest BCUT2D eigenvalue weighted by Crippen LogP contribution is 2.29. The number of carbonyl (C=O) groups excluding carboxylic acids is 1. The number of ether oxygens (including phenoxy) is 1. The zero-order valence-corrected chi connectivity index (χ0v) is 14.7. The van der Waals surface area contributed by atoms with Crippen LogP contribution in [-0.4, -0.2) is 52.1 Å². The Morgan fingerprint density at radius 1 is 1.23 bits per heavy atom. The van der Waals surface area contributed by atoms with E-state index in [-0.39, 0.29) is 18.4 Å². The van der Waals surface area contributed by atoms with Crippen LogP contribution in [0.4, 0.5) is 5.82 Å². The summed E-state index contributed by atoms with van der Waals surface area (Å²) in [6.07, 6.45) is 6.30. The number of hydrogen-bond acceptors (Lipinski definition) is 6. The van der Waals surface area contributed by atoms with Crippen LogP contribution in [0.1, 0.15) is 30.4 Å². The van der Waals surface area contributed by atoms with Crippen molar-refractivity contribution < 1.29 is 9.53 Å². The van der Waals surface area contributed by atoms with Crippen molar-refractivity contribution >= 4 is 11.7 Å². The van der Waals surface area contributed by atoms with E-state index in [4.69, 9.17) is 4.74 Å². The summed E-state index contributed by atoms with van der Waals surface area (Å²) in [7, 11) is 0. The van der Waals surface area contributed by atoms with Crippen LogP contribution in [0.2, 0.25) is 0 Å². The fourth-order valence-electron chi connectivity index (χ4n) is 3.08. The Hall–Kier alpha value is -2.54. The summed E-state index contributed by atoms with van der Waals surface area (Å²) >= 11 is 0. The summed E-state index contributed by atoms with van der Waals surface area (Å²) in [4.78, 5) is 27.9. The quantitative estimate of drug-likeness (QED) is 0.853. The molecule has 7 nitrogen and oxygen atoms in total. The van der Waals surface area contributed by atoms with Crippen LogP contribution in [0.15, 0.2) is 36.7 Å². The largest absolute Gasteiger partial charge is 0.377 e. The molecule has 0 spiro atoms. The van der Waals surface area contributed by atoms with Gasteiger partial charge in [0.2, 0.25) is 5.91 Å². The van der Waals surface area contributed by atoms with Crippen molar-refractivity contribution in [1.82, 2.24) is 19.9 Å². The first-order valence-corrected chi connectivity index (χ1v) is 9.13. The van der Waals surface area contributed by atoms with Crippen molar-refractivity contribution in [3.63, 3.8) is 0 Å². The predicted octanol–water partition coefficient (Wildman–Crippen LogP) is 1.84. The monoisotopic (exact) mass is 353 g/mol. The molecule has 1 aliphatic heterocycles. The van der Waals surface area contributed by atoms with Gasteiger partial charge < -0.3 is 15.0 Å². The molecule has 2 fully saturated rings. The summed E-state index contributed by atoms with van der Waals surface area (Å²) in [6, 6.07) is 7.22. The Morgan fingerprint density at radius 2 is 2.15 bits per heavy atom. The van der Waals surface area contributed by atoms with Crippen LogP contribution in [0.5, 0.6) is 0 Å². The highest BCUT2D eigenvalue weighted by Gasteiger charge is 2.31. The van der Waals surface area contributed by atoms with Crippen LogP contribution in [0.25, 0.3) is 0 Å². The van der Waals surface area contributed by atoms with Gasteiger partial charge in [-0.25, -0.2) is 9.97 Å². The number of aromatic nitrogens is 3. The molecule has 26 heavy (non-hydrogen) atoms. The molecule has 1 aliphatic carbocycles. The van der Waals surface area contributed by atoms with Crippen LogP contribution in [0.3, 0.4) is 0 Å². The second-order valence-corrected chi connectivity index (χ2v) is 6.80. The van der Waals surface area contributed by atoms with Crippen LogP contribution in [0, 0.1) is 5.92 Å².